The number of benzene rings is 1. The Morgan fingerprint density at radius 1 is 1.55 bits per heavy atom. The monoisotopic (exact) mass is 275 g/mol. The molecule has 0 spiro atoms. The van der Waals surface area contributed by atoms with Crippen molar-refractivity contribution in [1.82, 2.24) is 4.90 Å². The third-order valence-corrected chi connectivity index (χ3v) is 3.11. The number of hydrogen-bond acceptors (Lipinski definition) is 3. The topological polar surface area (TPSA) is 49.8 Å². The number of carboxylic acid groups (broad SMARTS) is 1. The van der Waals surface area contributed by atoms with Crippen molar-refractivity contribution >= 4 is 5.97 Å². The molecule has 0 aromatic heterocycles. The van der Waals surface area contributed by atoms with Crippen LogP contribution in [-0.2, 0) is 11.2 Å². The molecule has 1 atom stereocenters. The zero-order chi connectivity index (χ0) is 15.0. The maximum absolute atomic E-state index is 10.4. The molecule has 1 rings (SSSR count). The highest BCUT2D eigenvalue weighted by Gasteiger charge is 2.09. The van der Waals surface area contributed by atoms with Gasteiger partial charge in [0.2, 0.25) is 0 Å². The van der Waals surface area contributed by atoms with E-state index in [4.69, 9.17) is 16.3 Å². The van der Waals surface area contributed by atoms with Gasteiger partial charge in [-0.05, 0) is 38.1 Å². The molecule has 0 aliphatic heterocycles. The van der Waals surface area contributed by atoms with Gasteiger partial charge in [-0.1, -0.05) is 18.1 Å². The van der Waals surface area contributed by atoms with E-state index in [1.807, 2.05) is 31.3 Å². The number of likely N-dealkylation sites (N-methyl/N-ethyl adjacent to an activating group) is 1. The molecule has 0 saturated carbocycles. The van der Waals surface area contributed by atoms with Gasteiger partial charge in [-0.2, -0.15) is 0 Å². The van der Waals surface area contributed by atoms with Crippen LogP contribution in [0.25, 0.3) is 0 Å². The summed E-state index contributed by atoms with van der Waals surface area (Å²) in [6.45, 7) is 2.93. The van der Waals surface area contributed by atoms with Crippen LogP contribution < -0.4 is 4.74 Å². The Morgan fingerprint density at radius 2 is 2.30 bits per heavy atom. The van der Waals surface area contributed by atoms with Crippen LogP contribution in [0.4, 0.5) is 0 Å². The summed E-state index contributed by atoms with van der Waals surface area (Å²) < 4.78 is 5.42. The van der Waals surface area contributed by atoms with Gasteiger partial charge in [0.05, 0.1) is 19.6 Å². The first-order valence-electron chi connectivity index (χ1n) is 6.60. The molecule has 0 fully saturated rings. The van der Waals surface area contributed by atoms with Gasteiger partial charge in [0.25, 0.3) is 0 Å². The van der Waals surface area contributed by atoms with E-state index in [-0.39, 0.29) is 13.0 Å². The average Bonchev–Trinajstić information content (AvgIpc) is 2.39. The molecule has 4 heteroatoms. The molecule has 0 amide bonds. The van der Waals surface area contributed by atoms with Gasteiger partial charge in [0.1, 0.15) is 5.75 Å². The molecular formula is C16H21NO3. The Labute approximate surface area is 120 Å². The quantitative estimate of drug-likeness (QED) is 0.738. The minimum atomic E-state index is -0.856. The Kier molecular flexibility index (Phi) is 6.61. The van der Waals surface area contributed by atoms with Gasteiger partial charge in [-0.3, -0.25) is 9.69 Å². The number of terminal acetylenes is 1. The lowest BCUT2D eigenvalue weighted by Crippen LogP contribution is -2.31. The van der Waals surface area contributed by atoms with E-state index >= 15 is 0 Å². The van der Waals surface area contributed by atoms with E-state index in [1.165, 1.54) is 0 Å². The van der Waals surface area contributed by atoms with Crippen molar-refractivity contribution in [3.05, 3.63) is 29.8 Å². The lowest BCUT2D eigenvalue weighted by molar-refractivity contribution is -0.137. The molecule has 0 aliphatic carbocycles. The van der Waals surface area contributed by atoms with E-state index in [9.17, 15) is 4.79 Å². The summed E-state index contributed by atoms with van der Waals surface area (Å²) in [4.78, 5) is 12.5. The van der Waals surface area contributed by atoms with Crippen molar-refractivity contribution < 1.29 is 14.6 Å². The van der Waals surface area contributed by atoms with Crippen LogP contribution in [0.3, 0.4) is 0 Å². The van der Waals surface area contributed by atoms with Crippen LogP contribution in [0.1, 0.15) is 18.9 Å². The molecule has 0 radical (unpaired) electrons. The first kappa shape index (κ1) is 16.1. The summed E-state index contributed by atoms with van der Waals surface area (Å²) in [7, 11) is 2.00. The van der Waals surface area contributed by atoms with Crippen LogP contribution in [0.5, 0.6) is 5.75 Å². The van der Waals surface area contributed by atoms with E-state index in [1.54, 1.807) is 0 Å². The zero-order valence-corrected chi connectivity index (χ0v) is 12.0. The maximum Gasteiger partial charge on any atom is 0.306 e. The number of nitrogens with zero attached hydrogens (tertiary/aromatic N) is 1. The zero-order valence-electron chi connectivity index (χ0n) is 12.0. The summed E-state index contributed by atoms with van der Waals surface area (Å²) in [6, 6.07) is 8.06. The summed E-state index contributed by atoms with van der Waals surface area (Å²) in [6.07, 6.45) is 6.18. The molecule has 1 aromatic carbocycles. The molecular weight excluding hydrogens is 254 g/mol. The minimum Gasteiger partial charge on any atom is -0.493 e. The Morgan fingerprint density at radius 3 is 2.95 bits per heavy atom. The van der Waals surface area contributed by atoms with Crippen LogP contribution >= 0.6 is 0 Å². The SMILES string of the molecule is C#CCN(C)[C@H](C)Cc1cccc(OCCC(=O)O)c1. The van der Waals surface area contributed by atoms with Gasteiger partial charge >= 0.3 is 5.97 Å². The number of carbonyl (C=O) groups is 1. The molecule has 0 heterocycles. The van der Waals surface area contributed by atoms with Crippen molar-refractivity contribution in [2.24, 2.45) is 0 Å². The number of rotatable bonds is 8. The minimum absolute atomic E-state index is 0.00549. The molecule has 1 N–H and O–H groups in total. The predicted octanol–water partition coefficient (Wildman–Crippen LogP) is 2.04. The van der Waals surface area contributed by atoms with Crippen molar-refractivity contribution in [1.29, 1.82) is 0 Å². The third-order valence-electron chi connectivity index (χ3n) is 3.11. The number of aliphatic carboxylic acids is 1. The maximum atomic E-state index is 10.4. The Balaban J connectivity index is 2.55. The van der Waals surface area contributed by atoms with Crippen LogP contribution in [0, 0.1) is 12.3 Å². The second-order valence-corrected chi connectivity index (χ2v) is 4.81. The molecule has 108 valence electrons. The number of hydrogen-bond donors (Lipinski definition) is 1. The molecule has 0 saturated heterocycles. The molecule has 20 heavy (non-hydrogen) atoms. The normalized spacial score (nSPS) is 11.9. The predicted molar refractivity (Wildman–Crippen MR) is 78.8 cm³/mol. The highest BCUT2D eigenvalue weighted by molar-refractivity contribution is 5.66. The second kappa shape index (κ2) is 8.23. The smallest absolute Gasteiger partial charge is 0.306 e. The Bertz CT molecular complexity index is 479. The lowest BCUT2D eigenvalue weighted by atomic mass is 10.1. The van der Waals surface area contributed by atoms with Gasteiger partial charge in [-0.15, -0.1) is 6.42 Å². The molecule has 0 bridgehead atoms. The van der Waals surface area contributed by atoms with Crippen molar-refractivity contribution in [3.8, 4) is 18.1 Å². The molecule has 4 nitrogen and oxygen atoms in total. The van der Waals surface area contributed by atoms with Crippen molar-refractivity contribution in [3.63, 3.8) is 0 Å². The fourth-order valence-corrected chi connectivity index (χ4v) is 1.82. The number of carboxylic acids is 1. The van der Waals surface area contributed by atoms with Gasteiger partial charge in [0.15, 0.2) is 0 Å². The highest BCUT2D eigenvalue weighted by atomic mass is 16.5. The van der Waals surface area contributed by atoms with Crippen LogP contribution in [0.15, 0.2) is 24.3 Å². The summed E-state index contributed by atoms with van der Waals surface area (Å²) in [5.41, 5.74) is 1.15. The number of ether oxygens (including phenoxy) is 1. The molecule has 0 unspecified atom stereocenters. The third kappa shape index (κ3) is 5.77. The molecule has 1 aromatic rings. The van der Waals surface area contributed by atoms with Gasteiger partial charge < -0.3 is 9.84 Å². The van der Waals surface area contributed by atoms with E-state index in [2.05, 4.69) is 17.7 Å². The largest absolute Gasteiger partial charge is 0.493 e. The summed E-state index contributed by atoms with van der Waals surface area (Å²) in [5.74, 6) is 2.48. The first-order valence-corrected chi connectivity index (χ1v) is 6.60. The fourth-order valence-electron chi connectivity index (χ4n) is 1.82. The highest BCUT2D eigenvalue weighted by Crippen LogP contribution is 2.16. The molecule has 0 aliphatic rings. The second-order valence-electron chi connectivity index (χ2n) is 4.81. The summed E-state index contributed by atoms with van der Waals surface area (Å²) >= 11 is 0. The standard InChI is InChI=1S/C16H21NO3/c1-4-9-17(3)13(2)11-14-6-5-7-15(12-14)20-10-8-16(18)19/h1,5-7,12-13H,8-11H2,2-3H3,(H,18,19)/t13-/m1/s1. The van der Waals surface area contributed by atoms with Gasteiger partial charge in [0, 0.05) is 6.04 Å². The van der Waals surface area contributed by atoms with E-state index in [0.717, 1.165) is 12.0 Å². The van der Waals surface area contributed by atoms with Gasteiger partial charge in [-0.25, -0.2) is 0 Å². The Hall–Kier alpha value is -1.99. The van der Waals surface area contributed by atoms with Crippen LogP contribution in [-0.4, -0.2) is 42.2 Å². The lowest BCUT2D eigenvalue weighted by Gasteiger charge is -2.22. The first-order chi connectivity index (χ1) is 9.52. The van der Waals surface area contributed by atoms with Crippen molar-refractivity contribution in [2.45, 2.75) is 25.8 Å². The van der Waals surface area contributed by atoms with Crippen molar-refractivity contribution in [2.75, 3.05) is 20.2 Å². The summed E-state index contributed by atoms with van der Waals surface area (Å²) in [5, 5.41) is 8.57. The van der Waals surface area contributed by atoms with Crippen LogP contribution in [0.2, 0.25) is 0 Å². The van der Waals surface area contributed by atoms with E-state index in [0.29, 0.717) is 18.3 Å². The van der Waals surface area contributed by atoms with E-state index < -0.39 is 5.97 Å². The fraction of sp³-hybridized carbons (Fsp3) is 0.438. The average molecular weight is 275 g/mol.